The highest BCUT2D eigenvalue weighted by Crippen LogP contribution is 2.38. The van der Waals surface area contributed by atoms with E-state index in [0.717, 1.165) is 11.6 Å². The van der Waals surface area contributed by atoms with Crippen LogP contribution < -0.4 is 5.32 Å². The van der Waals surface area contributed by atoms with E-state index in [2.05, 4.69) is 45.6 Å². The number of fused-ring (bicyclic) bond motifs is 1. The van der Waals surface area contributed by atoms with Crippen molar-refractivity contribution in [3.05, 3.63) is 77.7 Å². The first-order valence-electron chi connectivity index (χ1n) is 11.1. The molecule has 0 atom stereocenters. The first-order valence-corrected chi connectivity index (χ1v) is 12.6. The van der Waals surface area contributed by atoms with Crippen molar-refractivity contribution >= 4 is 30.2 Å². The van der Waals surface area contributed by atoms with E-state index in [1.807, 2.05) is 24.3 Å². The Morgan fingerprint density at radius 1 is 1.00 bits per heavy atom. The number of anilines is 2. The Balaban J connectivity index is 1.80. The molecule has 4 aromatic rings. The van der Waals surface area contributed by atoms with Crippen molar-refractivity contribution in [3.8, 4) is 11.3 Å². The zero-order chi connectivity index (χ0) is 27.0. The van der Waals surface area contributed by atoms with E-state index >= 15 is 0 Å². The summed E-state index contributed by atoms with van der Waals surface area (Å²) >= 11 is 0. The molecule has 0 aliphatic heterocycles. The molecule has 0 spiro atoms. The molecule has 12 heteroatoms. The van der Waals surface area contributed by atoms with Gasteiger partial charge in [-0.2, -0.15) is 13.2 Å². The maximum Gasteiger partial charge on any atom is 0.470 e. The fourth-order valence-corrected chi connectivity index (χ4v) is 3.96. The van der Waals surface area contributed by atoms with E-state index in [1.54, 1.807) is 6.07 Å². The summed E-state index contributed by atoms with van der Waals surface area (Å²) in [6, 6.07) is 14.3. The molecule has 3 N–H and O–H groups in total. The first kappa shape index (κ1) is 26.7. The molecule has 37 heavy (non-hydrogen) atoms. The highest BCUT2D eigenvalue weighted by atomic mass is 31.2. The van der Waals surface area contributed by atoms with Crippen LogP contribution in [0.15, 0.2) is 60.8 Å². The van der Waals surface area contributed by atoms with E-state index in [9.17, 15) is 17.7 Å². The van der Waals surface area contributed by atoms with Gasteiger partial charge in [0.25, 0.3) is 0 Å². The summed E-state index contributed by atoms with van der Waals surface area (Å²) in [4.78, 5) is 30.7. The maximum absolute atomic E-state index is 13.6. The fourth-order valence-electron chi connectivity index (χ4n) is 3.68. The number of halogens is 3. The van der Waals surface area contributed by atoms with Crippen LogP contribution in [0.1, 0.15) is 37.7 Å². The van der Waals surface area contributed by atoms with Gasteiger partial charge in [0.2, 0.25) is 0 Å². The van der Waals surface area contributed by atoms with Crippen molar-refractivity contribution in [2.75, 3.05) is 5.32 Å². The van der Waals surface area contributed by atoms with Crippen molar-refractivity contribution in [1.82, 2.24) is 15.0 Å². The molecule has 4 rings (SSSR count). The van der Waals surface area contributed by atoms with E-state index in [4.69, 9.17) is 9.79 Å². The number of phosphoric acid groups is 1. The summed E-state index contributed by atoms with van der Waals surface area (Å²) in [7, 11) is -4.81. The molecule has 0 bridgehead atoms. The number of rotatable bonds is 6. The Hall–Kier alpha value is -3.37. The minimum absolute atomic E-state index is 0.0513. The van der Waals surface area contributed by atoms with Gasteiger partial charge >= 0.3 is 14.0 Å². The molecular formula is C25H24F3N4O4P. The van der Waals surface area contributed by atoms with Crippen LogP contribution in [0.2, 0.25) is 0 Å². The van der Waals surface area contributed by atoms with E-state index in [1.165, 1.54) is 24.4 Å². The number of nitrogens with one attached hydrogen (secondary N) is 1. The van der Waals surface area contributed by atoms with E-state index in [0.29, 0.717) is 16.9 Å². The van der Waals surface area contributed by atoms with Gasteiger partial charge in [0.05, 0.1) is 16.8 Å². The second-order valence-corrected chi connectivity index (χ2v) is 10.6. The van der Waals surface area contributed by atoms with Gasteiger partial charge < -0.3 is 15.1 Å². The Morgan fingerprint density at radius 2 is 1.70 bits per heavy atom. The summed E-state index contributed by atoms with van der Waals surface area (Å²) in [5.74, 6) is 0.222. The van der Waals surface area contributed by atoms with Gasteiger partial charge in [-0.05, 0) is 47.4 Å². The SMILES string of the molecule is CC(C)(C)c1ccc(Nc2nc(COP(=O)(O)O)nc3cc(-c4ncccc4C(F)(F)F)ccc23)cc1. The molecule has 0 unspecified atom stereocenters. The molecule has 2 aromatic heterocycles. The van der Waals surface area contributed by atoms with Crippen molar-refractivity contribution in [2.45, 2.75) is 39.0 Å². The molecule has 0 aliphatic rings. The highest BCUT2D eigenvalue weighted by Gasteiger charge is 2.34. The smallest absolute Gasteiger partial charge is 0.340 e. The van der Waals surface area contributed by atoms with Gasteiger partial charge in [0.1, 0.15) is 12.4 Å². The first-order chi connectivity index (χ1) is 17.2. The van der Waals surface area contributed by atoms with Crippen LogP contribution in [0.3, 0.4) is 0 Å². The number of hydrogen-bond donors (Lipinski definition) is 3. The molecule has 0 radical (unpaired) electrons. The Labute approximate surface area is 210 Å². The predicted octanol–water partition coefficient (Wildman–Crippen LogP) is 6.36. The fraction of sp³-hybridized carbons (Fsp3) is 0.240. The van der Waals surface area contributed by atoms with Crippen molar-refractivity contribution in [2.24, 2.45) is 0 Å². The van der Waals surface area contributed by atoms with Crippen LogP contribution >= 0.6 is 7.82 Å². The third-order valence-electron chi connectivity index (χ3n) is 5.51. The number of aromatic nitrogens is 3. The summed E-state index contributed by atoms with van der Waals surface area (Å²) in [6.45, 7) is 5.65. The van der Waals surface area contributed by atoms with Gasteiger partial charge in [-0.25, -0.2) is 14.5 Å². The second-order valence-electron chi connectivity index (χ2n) is 9.33. The zero-order valence-electron chi connectivity index (χ0n) is 20.1. The molecule has 0 saturated carbocycles. The molecule has 194 valence electrons. The van der Waals surface area contributed by atoms with Crippen LogP contribution in [0, 0.1) is 0 Å². The third kappa shape index (κ3) is 6.50. The number of hydrogen-bond acceptors (Lipinski definition) is 6. The quantitative estimate of drug-likeness (QED) is 0.246. The average Bonchev–Trinajstić information content (AvgIpc) is 2.81. The van der Waals surface area contributed by atoms with Gasteiger partial charge in [0, 0.05) is 22.8 Å². The summed E-state index contributed by atoms with van der Waals surface area (Å²) in [5.41, 5.74) is 0.988. The molecule has 0 amide bonds. The van der Waals surface area contributed by atoms with Crippen molar-refractivity contribution in [3.63, 3.8) is 0 Å². The Kier molecular flexibility index (Phi) is 7.09. The molecule has 0 fully saturated rings. The number of nitrogens with zero attached hydrogens (tertiary/aromatic N) is 3. The standard InChI is InChI=1S/C25H24F3N4O4P/c1-24(2,3)16-7-9-17(10-8-16)30-23-18-11-6-15(22-19(25(26,27)28)5-4-12-29-22)13-20(18)31-21(32-23)14-36-37(33,34)35/h4-13H,14H2,1-3H3,(H,30,31,32)(H2,33,34,35). The van der Waals surface area contributed by atoms with Crippen LogP contribution in [0.4, 0.5) is 24.7 Å². The lowest BCUT2D eigenvalue weighted by Crippen LogP contribution is -2.10. The van der Waals surface area contributed by atoms with Crippen LogP contribution in [-0.4, -0.2) is 24.7 Å². The molecule has 0 aliphatic carbocycles. The highest BCUT2D eigenvalue weighted by molar-refractivity contribution is 7.46. The van der Waals surface area contributed by atoms with Gasteiger partial charge in [-0.3, -0.25) is 9.51 Å². The number of pyridine rings is 1. The lowest BCUT2D eigenvalue weighted by Gasteiger charge is -2.19. The van der Waals surface area contributed by atoms with Crippen molar-refractivity contribution < 1.29 is 32.0 Å². The number of phosphoric ester groups is 1. The predicted molar refractivity (Wildman–Crippen MR) is 133 cm³/mol. The summed E-state index contributed by atoms with van der Waals surface area (Å²) in [6.07, 6.45) is -3.35. The number of alkyl halides is 3. The minimum atomic E-state index is -4.81. The van der Waals surface area contributed by atoms with E-state index in [-0.39, 0.29) is 28.0 Å². The lowest BCUT2D eigenvalue weighted by molar-refractivity contribution is -0.137. The lowest BCUT2D eigenvalue weighted by atomic mass is 9.87. The van der Waals surface area contributed by atoms with Crippen molar-refractivity contribution in [1.29, 1.82) is 0 Å². The maximum atomic E-state index is 13.6. The molecule has 0 saturated heterocycles. The molecule has 2 aromatic carbocycles. The monoisotopic (exact) mass is 532 g/mol. The van der Waals surface area contributed by atoms with E-state index < -0.39 is 26.2 Å². The molecule has 2 heterocycles. The largest absolute Gasteiger partial charge is 0.470 e. The minimum Gasteiger partial charge on any atom is -0.340 e. The molecule has 8 nitrogen and oxygen atoms in total. The van der Waals surface area contributed by atoms with Crippen LogP contribution in [-0.2, 0) is 27.3 Å². The third-order valence-corrected chi connectivity index (χ3v) is 5.97. The Bertz CT molecular complexity index is 1480. The number of benzene rings is 2. The zero-order valence-corrected chi connectivity index (χ0v) is 21.0. The Morgan fingerprint density at radius 3 is 2.32 bits per heavy atom. The summed E-state index contributed by atoms with van der Waals surface area (Å²) < 4.78 is 56.5. The molecular weight excluding hydrogens is 508 g/mol. The van der Waals surface area contributed by atoms with Crippen LogP contribution in [0.5, 0.6) is 0 Å². The van der Waals surface area contributed by atoms with Gasteiger partial charge in [-0.1, -0.05) is 39.0 Å². The van der Waals surface area contributed by atoms with Gasteiger partial charge in [-0.15, -0.1) is 0 Å². The summed E-state index contributed by atoms with van der Waals surface area (Å²) in [5, 5.41) is 3.64. The van der Waals surface area contributed by atoms with Gasteiger partial charge in [0.15, 0.2) is 5.82 Å². The van der Waals surface area contributed by atoms with Crippen LogP contribution in [0.25, 0.3) is 22.2 Å². The average molecular weight is 532 g/mol. The second kappa shape index (κ2) is 9.83. The topological polar surface area (TPSA) is 117 Å². The normalized spacial score (nSPS) is 12.6.